The summed E-state index contributed by atoms with van der Waals surface area (Å²) < 4.78 is 26.1. The maximum atomic E-state index is 6.55. The molecule has 3 aliphatic rings. The van der Waals surface area contributed by atoms with Crippen molar-refractivity contribution in [2.24, 2.45) is 0 Å². The van der Waals surface area contributed by atoms with Crippen LogP contribution in [0.3, 0.4) is 0 Å². The molecule has 0 unspecified atom stereocenters. The molecule has 1 aliphatic carbocycles. The Morgan fingerprint density at radius 3 is 1.74 bits per heavy atom. The summed E-state index contributed by atoms with van der Waals surface area (Å²) in [5, 5.41) is 0. The van der Waals surface area contributed by atoms with Crippen molar-refractivity contribution in [3.8, 4) is 0 Å². The molecule has 0 N–H and O–H groups in total. The molecular weight excluding hydrogens is 386 g/mol. The number of fused-ring (bicyclic) bond motifs is 1. The van der Waals surface area contributed by atoms with E-state index in [-0.39, 0.29) is 0 Å². The highest BCUT2D eigenvalue weighted by Gasteiger charge is 2.57. The zero-order valence-electron chi connectivity index (χ0n) is 20.6. The molecule has 0 saturated carbocycles. The third-order valence-corrected chi connectivity index (χ3v) is 7.87. The van der Waals surface area contributed by atoms with E-state index in [1.807, 2.05) is 0 Å². The first-order valence-corrected chi connectivity index (χ1v) is 11.5. The number of rotatable bonds is 4. The lowest BCUT2D eigenvalue weighted by Crippen LogP contribution is -2.41. The third-order valence-electron chi connectivity index (χ3n) is 7.87. The van der Waals surface area contributed by atoms with Gasteiger partial charge in [-0.25, -0.2) is 0 Å². The van der Waals surface area contributed by atoms with Crippen LogP contribution >= 0.6 is 0 Å². The maximum absolute atomic E-state index is 6.55. The van der Waals surface area contributed by atoms with Gasteiger partial charge in [0.1, 0.15) is 0 Å². The van der Waals surface area contributed by atoms with Crippen LogP contribution in [-0.4, -0.2) is 36.6 Å². The van der Waals surface area contributed by atoms with Crippen LogP contribution in [0.2, 0.25) is 0 Å². The molecule has 2 fully saturated rings. The summed E-state index contributed by atoms with van der Waals surface area (Å²) in [6, 6.07) is 8.56. The smallest absolute Gasteiger partial charge is 0.400 e. The monoisotopic (exact) mass is 422 g/mol. The Hall–Kier alpha value is -1.33. The summed E-state index contributed by atoms with van der Waals surface area (Å²) in [4.78, 5) is 0. The van der Waals surface area contributed by atoms with Crippen LogP contribution in [0.15, 0.2) is 40.8 Å². The Bertz CT molecular complexity index is 911. The Balaban J connectivity index is 1.81. The highest BCUT2D eigenvalue weighted by atomic mass is 16.7. The molecule has 6 heteroatoms. The van der Waals surface area contributed by atoms with E-state index in [4.69, 9.17) is 18.6 Å². The fourth-order valence-electron chi connectivity index (χ4n) is 4.39. The molecule has 1 aromatic carbocycles. The van der Waals surface area contributed by atoms with Crippen molar-refractivity contribution < 1.29 is 18.6 Å². The van der Waals surface area contributed by atoms with E-state index in [0.717, 1.165) is 23.8 Å². The van der Waals surface area contributed by atoms with Crippen molar-refractivity contribution >= 4 is 20.3 Å². The second-order valence-electron chi connectivity index (χ2n) is 11.0. The van der Waals surface area contributed by atoms with Gasteiger partial charge in [-0.05, 0) is 95.9 Å². The zero-order valence-corrected chi connectivity index (χ0v) is 20.6. The van der Waals surface area contributed by atoms with Crippen LogP contribution in [-0.2, 0) is 25.0 Å². The molecule has 0 amide bonds. The van der Waals surface area contributed by atoms with Crippen molar-refractivity contribution in [1.29, 1.82) is 0 Å². The van der Waals surface area contributed by atoms with Crippen molar-refractivity contribution in [1.82, 2.24) is 0 Å². The predicted molar refractivity (Wildman–Crippen MR) is 128 cm³/mol. The standard InChI is InChI=1S/C25H36B2O4/c1-10-20(26-28-22(2,3)23(4,5)29-26)21(27-30-24(6,7)25(8,9)31-27)19-15-17-13-11-12-14-18(17)16-19/h11-15H,10,16H2,1-9H3/b21-20-. The summed E-state index contributed by atoms with van der Waals surface area (Å²) in [5.74, 6) is 0. The van der Waals surface area contributed by atoms with Crippen molar-refractivity contribution in [3.63, 3.8) is 0 Å². The lowest BCUT2D eigenvalue weighted by molar-refractivity contribution is 0.00578. The summed E-state index contributed by atoms with van der Waals surface area (Å²) in [6.45, 7) is 18.9. The SMILES string of the molecule is CC/C(B1OC(C)(C)C(C)(C)O1)=C(/B1OC(C)(C)C(C)(C)O1)C1=Cc2ccccc2C1. The highest BCUT2D eigenvalue weighted by Crippen LogP contribution is 2.45. The second-order valence-corrected chi connectivity index (χ2v) is 11.0. The molecule has 0 atom stereocenters. The van der Waals surface area contributed by atoms with Gasteiger partial charge < -0.3 is 18.6 Å². The number of allylic oxidation sites excluding steroid dienone is 3. The number of hydrogen-bond acceptors (Lipinski definition) is 4. The molecule has 0 spiro atoms. The predicted octanol–water partition coefficient (Wildman–Crippen LogP) is 5.60. The van der Waals surface area contributed by atoms with Crippen molar-refractivity contribution in [3.05, 3.63) is 51.9 Å². The van der Waals surface area contributed by atoms with Crippen LogP contribution in [0, 0.1) is 0 Å². The van der Waals surface area contributed by atoms with Crippen molar-refractivity contribution in [2.75, 3.05) is 0 Å². The first-order valence-electron chi connectivity index (χ1n) is 11.5. The number of benzene rings is 1. The van der Waals surface area contributed by atoms with E-state index in [1.54, 1.807) is 0 Å². The average Bonchev–Trinajstić information content (AvgIpc) is 3.22. The molecule has 2 saturated heterocycles. The fourth-order valence-corrected chi connectivity index (χ4v) is 4.39. The number of hydrogen-bond donors (Lipinski definition) is 0. The average molecular weight is 422 g/mol. The van der Waals surface area contributed by atoms with Gasteiger partial charge in [0.15, 0.2) is 0 Å². The van der Waals surface area contributed by atoms with Crippen LogP contribution in [0.25, 0.3) is 6.08 Å². The zero-order chi connectivity index (χ0) is 22.8. The molecule has 2 heterocycles. The molecule has 0 aromatic heterocycles. The van der Waals surface area contributed by atoms with E-state index in [2.05, 4.69) is 92.7 Å². The van der Waals surface area contributed by atoms with E-state index in [0.29, 0.717) is 0 Å². The molecule has 0 radical (unpaired) electrons. The maximum Gasteiger partial charge on any atom is 0.494 e. The van der Waals surface area contributed by atoms with Crippen LogP contribution in [0.5, 0.6) is 0 Å². The van der Waals surface area contributed by atoms with E-state index < -0.39 is 36.6 Å². The lowest BCUT2D eigenvalue weighted by Gasteiger charge is -2.32. The highest BCUT2D eigenvalue weighted by molar-refractivity contribution is 6.63. The largest absolute Gasteiger partial charge is 0.494 e. The Labute approximate surface area is 188 Å². The molecule has 4 rings (SSSR count). The van der Waals surface area contributed by atoms with E-state index in [9.17, 15) is 0 Å². The first-order chi connectivity index (χ1) is 14.3. The molecule has 166 valence electrons. The molecule has 1 aromatic rings. The van der Waals surface area contributed by atoms with Crippen LogP contribution in [0.1, 0.15) is 79.9 Å². The van der Waals surface area contributed by atoms with E-state index >= 15 is 0 Å². The molecule has 4 nitrogen and oxygen atoms in total. The Kier molecular flexibility index (Phi) is 5.41. The van der Waals surface area contributed by atoms with Gasteiger partial charge in [-0.1, -0.05) is 37.3 Å². The minimum atomic E-state index is -0.459. The van der Waals surface area contributed by atoms with Crippen LogP contribution < -0.4 is 0 Å². The van der Waals surface area contributed by atoms with Gasteiger partial charge in [0.25, 0.3) is 0 Å². The fraction of sp³-hybridized carbons (Fsp3) is 0.600. The molecular formula is C25H36B2O4. The third kappa shape index (κ3) is 3.76. The van der Waals surface area contributed by atoms with Gasteiger partial charge >= 0.3 is 14.2 Å². The Morgan fingerprint density at radius 2 is 1.26 bits per heavy atom. The van der Waals surface area contributed by atoms with Crippen molar-refractivity contribution in [2.45, 2.75) is 97.6 Å². The van der Waals surface area contributed by atoms with Gasteiger partial charge in [0.05, 0.1) is 22.4 Å². The summed E-state index contributed by atoms with van der Waals surface area (Å²) in [7, 11) is -0.881. The molecule has 31 heavy (non-hydrogen) atoms. The van der Waals surface area contributed by atoms with Gasteiger partial charge in [0.2, 0.25) is 0 Å². The minimum Gasteiger partial charge on any atom is -0.400 e. The second kappa shape index (κ2) is 7.34. The van der Waals surface area contributed by atoms with Gasteiger partial charge in [-0.15, -0.1) is 0 Å². The van der Waals surface area contributed by atoms with E-state index in [1.165, 1.54) is 16.7 Å². The summed E-state index contributed by atoms with van der Waals surface area (Å²) in [5.41, 5.74) is 4.39. The summed E-state index contributed by atoms with van der Waals surface area (Å²) in [6.07, 6.45) is 3.93. The van der Waals surface area contributed by atoms with Gasteiger partial charge in [-0.3, -0.25) is 0 Å². The topological polar surface area (TPSA) is 36.9 Å². The lowest BCUT2D eigenvalue weighted by atomic mass is 9.61. The normalized spacial score (nSPS) is 26.0. The summed E-state index contributed by atoms with van der Waals surface area (Å²) >= 11 is 0. The molecule has 2 aliphatic heterocycles. The van der Waals surface area contributed by atoms with Crippen LogP contribution in [0.4, 0.5) is 0 Å². The molecule has 0 bridgehead atoms. The van der Waals surface area contributed by atoms with Gasteiger partial charge in [0, 0.05) is 0 Å². The quantitative estimate of drug-likeness (QED) is 0.593. The van der Waals surface area contributed by atoms with Gasteiger partial charge in [-0.2, -0.15) is 0 Å². The Morgan fingerprint density at radius 1 is 0.774 bits per heavy atom. The first kappa shape index (κ1) is 22.8. The minimum absolute atomic E-state index is 0.397.